The molecule has 1 unspecified atom stereocenters. The summed E-state index contributed by atoms with van der Waals surface area (Å²) in [7, 11) is 3.48. The summed E-state index contributed by atoms with van der Waals surface area (Å²) in [6.07, 6.45) is 0.822. The smallest absolute Gasteiger partial charge is 0.288 e. The number of nitrogens with zero attached hydrogens (tertiary/aromatic N) is 1. The van der Waals surface area contributed by atoms with E-state index >= 15 is 0 Å². The minimum Gasteiger partial charge on any atom is -0.385 e. The predicted octanol–water partition coefficient (Wildman–Crippen LogP) is 3.30. The third kappa shape index (κ3) is 6.29. The lowest BCUT2D eigenvalue weighted by Gasteiger charge is -2.24. The van der Waals surface area contributed by atoms with Gasteiger partial charge in [0.15, 0.2) is 0 Å². The highest BCUT2D eigenvalue weighted by molar-refractivity contribution is 7.99. The molecule has 0 aliphatic rings. The van der Waals surface area contributed by atoms with E-state index in [0.29, 0.717) is 29.0 Å². The summed E-state index contributed by atoms with van der Waals surface area (Å²) >= 11 is 0.426. The molecular formula is C15H22F2N2O2S. The summed E-state index contributed by atoms with van der Waals surface area (Å²) in [5.41, 5.74) is 0.412. The third-order valence-electron chi connectivity index (χ3n) is 3.26. The van der Waals surface area contributed by atoms with Crippen LogP contribution in [-0.2, 0) is 9.53 Å². The fraction of sp³-hybridized carbons (Fsp3) is 0.533. The van der Waals surface area contributed by atoms with E-state index in [4.69, 9.17) is 4.74 Å². The number of likely N-dealkylation sites (N-methyl/N-ethyl adjacent to an activating group) is 1. The summed E-state index contributed by atoms with van der Waals surface area (Å²) in [6, 6.07) is 6.21. The first-order valence-electron chi connectivity index (χ1n) is 6.99. The molecule has 1 amide bonds. The van der Waals surface area contributed by atoms with Gasteiger partial charge >= 0.3 is 0 Å². The molecule has 0 aliphatic carbocycles. The van der Waals surface area contributed by atoms with Crippen LogP contribution in [0.25, 0.3) is 0 Å². The number of halogens is 2. The third-order valence-corrected chi connectivity index (χ3v) is 4.05. The molecule has 0 spiro atoms. The zero-order chi connectivity index (χ0) is 16.5. The van der Waals surface area contributed by atoms with E-state index in [1.165, 1.54) is 0 Å². The molecule has 1 aromatic rings. The van der Waals surface area contributed by atoms with E-state index in [2.05, 4.69) is 5.32 Å². The van der Waals surface area contributed by atoms with Gasteiger partial charge in [-0.15, -0.1) is 0 Å². The van der Waals surface area contributed by atoms with Gasteiger partial charge in [-0.3, -0.25) is 9.69 Å². The summed E-state index contributed by atoms with van der Waals surface area (Å²) in [4.78, 5) is 14.5. The van der Waals surface area contributed by atoms with Crippen molar-refractivity contribution in [3.8, 4) is 0 Å². The first-order chi connectivity index (χ1) is 10.5. The largest absolute Gasteiger partial charge is 0.385 e. The van der Waals surface area contributed by atoms with Gasteiger partial charge in [0.2, 0.25) is 5.91 Å². The molecule has 0 radical (unpaired) electrons. The van der Waals surface area contributed by atoms with Crippen molar-refractivity contribution in [2.45, 2.75) is 30.0 Å². The fourth-order valence-electron chi connectivity index (χ4n) is 1.86. The number of para-hydroxylation sites is 1. The summed E-state index contributed by atoms with van der Waals surface area (Å²) in [5, 5.41) is 2.72. The van der Waals surface area contributed by atoms with Crippen LogP contribution < -0.4 is 5.32 Å². The zero-order valence-electron chi connectivity index (χ0n) is 13.0. The van der Waals surface area contributed by atoms with E-state index in [9.17, 15) is 13.6 Å². The minimum absolute atomic E-state index is 0.220. The average molecular weight is 332 g/mol. The number of methoxy groups -OCH3 is 1. The quantitative estimate of drug-likeness (QED) is 0.556. The van der Waals surface area contributed by atoms with Crippen LogP contribution >= 0.6 is 11.8 Å². The molecule has 124 valence electrons. The van der Waals surface area contributed by atoms with Crippen molar-refractivity contribution in [2.75, 3.05) is 32.6 Å². The molecule has 1 aromatic carbocycles. The highest BCUT2D eigenvalue weighted by atomic mass is 32.2. The van der Waals surface area contributed by atoms with Crippen LogP contribution in [0.2, 0.25) is 0 Å². The first-order valence-corrected chi connectivity index (χ1v) is 7.87. The Morgan fingerprint density at radius 3 is 2.73 bits per heavy atom. The number of benzene rings is 1. The molecule has 4 nitrogen and oxygen atoms in total. The highest BCUT2D eigenvalue weighted by Gasteiger charge is 2.19. The Bertz CT molecular complexity index is 475. The number of rotatable bonds is 9. The molecule has 0 aromatic heterocycles. The topological polar surface area (TPSA) is 41.6 Å². The normalized spacial score (nSPS) is 12.7. The molecular weight excluding hydrogens is 310 g/mol. The van der Waals surface area contributed by atoms with Crippen molar-refractivity contribution in [1.82, 2.24) is 4.90 Å². The number of thioether (sulfide) groups is 1. The van der Waals surface area contributed by atoms with Crippen LogP contribution in [0.3, 0.4) is 0 Å². The number of carbonyl (C=O) groups excluding carboxylic acids is 1. The van der Waals surface area contributed by atoms with Crippen LogP contribution in [0.5, 0.6) is 0 Å². The lowest BCUT2D eigenvalue weighted by Crippen LogP contribution is -2.40. The molecule has 0 fully saturated rings. The fourth-order valence-corrected chi connectivity index (χ4v) is 2.45. The number of alkyl halides is 2. The molecule has 0 aliphatic heterocycles. The molecule has 22 heavy (non-hydrogen) atoms. The van der Waals surface area contributed by atoms with Crippen molar-refractivity contribution < 1.29 is 18.3 Å². The Labute approximate surface area is 134 Å². The summed E-state index contributed by atoms with van der Waals surface area (Å²) < 4.78 is 30.0. The Morgan fingerprint density at radius 2 is 2.09 bits per heavy atom. The van der Waals surface area contributed by atoms with Gasteiger partial charge in [0.25, 0.3) is 5.76 Å². The lowest BCUT2D eigenvalue weighted by atomic mass is 10.2. The Kier molecular flexibility index (Phi) is 8.37. The molecule has 0 saturated carbocycles. The van der Waals surface area contributed by atoms with Gasteiger partial charge in [0.05, 0.1) is 11.7 Å². The number of amides is 1. The van der Waals surface area contributed by atoms with Gasteiger partial charge in [-0.1, -0.05) is 23.9 Å². The van der Waals surface area contributed by atoms with Gasteiger partial charge in [-0.2, -0.15) is 8.78 Å². The van der Waals surface area contributed by atoms with Crippen molar-refractivity contribution >= 4 is 23.4 Å². The van der Waals surface area contributed by atoms with Crippen molar-refractivity contribution in [3.63, 3.8) is 0 Å². The van der Waals surface area contributed by atoms with E-state index in [0.717, 1.165) is 13.0 Å². The molecule has 1 atom stereocenters. The second-order valence-corrected chi connectivity index (χ2v) is 5.90. The van der Waals surface area contributed by atoms with Crippen molar-refractivity contribution in [2.24, 2.45) is 0 Å². The maximum Gasteiger partial charge on any atom is 0.288 e. The number of nitrogens with one attached hydrogen (secondary N) is 1. The summed E-state index contributed by atoms with van der Waals surface area (Å²) in [5.74, 6) is -2.74. The number of ether oxygens (including phenoxy) is 1. The molecule has 1 rings (SSSR count). The number of carbonyl (C=O) groups is 1. The Balaban J connectivity index is 2.64. The number of hydrogen-bond acceptors (Lipinski definition) is 4. The molecule has 0 saturated heterocycles. The maximum atomic E-state index is 12.5. The van der Waals surface area contributed by atoms with Crippen LogP contribution in [0.1, 0.15) is 13.3 Å². The molecule has 1 N–H and O–H groups in total. The van der Waals surface area contributed by atoms with Gasteiger partial charge in [-0.25, -0.2) is 0 Å². The monoisotopic (exact) mass is 332 g/mol. The zero-order valence-corrected chi connectivity index (χ0v) is 13.8. The van der Waals surface area contributed by atoms with Crippen LogP contribution in [0.4, 0.5) is 14.5 Å². The Morgan fingerprint density at radius 1 is 1.41 bits per heavy atom. The van der Waals surface area contributed by atoms with E-state index in [1.807, 2.05) is 11.9 Å². The first kappa shape index (κ1) is 18.9. The van der Waals surface area contributed by atoms with E-state index in [1.54, 1.807) is 38.3 Å². The minimum atomic E-state index is -2.52. The van der Waals surface area contributed by atoms with Gasteiger partial charge in [-0.05, 0) is 32.5 Å². The molecule has 0 bridgehead atoms. The second kappa shape index (κ2) is 9.76. The SMILES string of the molecule is COCCCN(C)C(C)C(=O)Nc1ccccc1SC(F)F. The average Bonchev–Trinajstić information content (AvgIpc) is 2.48. The van der Waals surface area contributed by atoms with Gasteiger partial charge in [0, 0.05) is 25.2 Å². The molecule has 7 heteroatoms. The van der Waals surface area contributed by atoms with Crippen LogP contribution in [0, 0.1) is 0 Å². The summed E-state index contributed by atoms with van der Waals surface area (Å²) in [6.45, 7) is 3.13. The highest BCUT2D eigenvalue weighted by Crippen LogP contribution is 2.31. The van der Waals surface area contributed by atoms with Gasteiger partial charge < -0.3 is 10.1 Å². The van der Waals surface area contributed by atoms with Crippen molar-refractivity contribution in [1.29, 1.82) is 0 Å². The van der Waals surface area contributed by atoms with Crippen LogP contribution in [0.15, 0.2) is 29.2 Å². The van der Waals surface area contributed by atoms with Crippen LogP contribution in [-0.4, -0.2) is 49.9 Å². The second-order valence-electron chi connectivity index (χ2n) is 4.87. The van der Waals surface area contributed by atoms with Crippen molar-refractivity contribution in [3.05, 3.63) is 24.3 Å². The molecule has 0 heterocycles. The van der Waals surface area contributed by atoms with Gasteiger partial charge in [0.1, 0.15) is 0 Å². The predicted molar refractivity (Wildman–Crippen MR) is 85.5 cm³/mol. The number of anilines is 1. The maximum absolute atomic E-state index is 12.5. The Hall–Kier alpha value is -1.18. The lowest BCUT2D eigenvalue weighted by molar-refractivity contribution is -0.120. The van der Waals surface area contributed by atoms with E-state index < -0.39 is 5.76 Å². The standard InChI is InChI=1S/C15H22F2N2O2S/c1-11(19(2)9-6-10-21-3)14(20)18-12-7-4-5-8-13(12)22-15(16)17/h4-5,7-8,11,15H,6,9-10H2,1-3H3,(H,18,20). The van der Waals surface area contributed by atoms with E-state index in [-0.39, 0.29) is 11.9 Å². The number of hydrogen-bond donors (Lipinski definition) is 1.